The summed E-state index contributed by atoms with van der Waals surface area (Å²) in [6, 6.07) is 9.47. The van der Waals surface area contributed by atoms with E-state index >= 15 is 0 Å². The summed E-state index contributed by atoms with van der Waals surface area (Å²) in [5, 5.41) is 0.752. The normalized spacial score (nSPS) is 11.6. The van der Waals surface area contributed by atoms with Crippen LogP contribution in [0.5, 0.6) is 0 Å². The van der Waals surface area contributed by atoms with Gasteiger partial charge < -0.3 is 18.0 Å². The fourth-order valence-electron chi connectivity index (χ4n) is 1.81. The standard InChI is InChI=1S/C9H18O5Si.C8H8O3S/c1-5-9(10)14-7-6-8-15(11-2,12-3)13-4;9-12(10,11)7-6-8-4-2-1-3-5-8/h5H,1,6-8H2,2-4H3;1-7H,(H,9,10,11). The molecule has 0 aliphatic heterocycles. The molecule has 0 aliphatic carbocycles. The van der Waals surface area contributed by atoms with Gasteiger partial charge >= 0.3 is 14.8 Å². The molecule has 0 saturated carbocycles. The molecule has 0 spiro atoms. The van der Waals surface area contributed by atoms with Crippen molar-refractivity contribution in [3.8, 4) is 0 Å². The summed E-state index contributed by atoms with van der Waals surface area (Å²) in [6.07, 6.45) is 3.10. The number of ether oxygens (including phenoxy) is 1. The summed E-state index contributed by atoms with van der Waals surface area (Å²) in [7, 11) is -1.87. The highest BCUT2D eigenvalue weighted by molar-refractivity contribution is 7.88. The van der Waals surface area contributed by atoms with Crippen LogP contribution in [0.25, 0.3) is 6.08 Å². The fraction of sp³-hybridized carbons (Fsp3) is 0.353. The van der Waals surface area contributed by atoms with Crippen LogP contribution in [0.1, 0.15) is 12.0 Å². The first kappa shape index (κ1) is 25.2. The van der Waals surface area contributed by atoms with E-state index in [9.17, 15) is 13.2 Å². The van der Waals surface area contributed by atoms with Crippen LogP contribution in [-0.4, -0.2) is 55.7 Å². The molecule has 0 radical (unpaired) electrons. The number of hydrogen-bond donors (Lipinski definition) is 1. The Kier molecular flexibility index (Phi) is 12.5. The molecule has 0 aliphatic rings. The average molecular weight is 419 g/mol. The second kappa shape index (κ2) is 13.4. The monoisotopic (exact) mass is 418 g/mol. The number of rotatable bonds is 10. The molecule has 152 valence electrons. The number of carbonyl (C=O) groups excluding carboxylic acids is 1. The predicted molar refractivity (Wildman–Crippen MR) is 104 cm³/mol. The van der Waals surface area contributed by atoms with Crippen molar-refractivity contribution in [2.75, 3.05) is 27.9 Å². The van der Waals surface area contributed by atoms with Gasteiger partial charge in [-0.05, 0) is 18.1 Å². The highest BCUT2D eigenvalue weighted by atomic mass is 32.2. The Labute approximate surface area is 161 Å². The first-order valence-electron chi connectivity index (χ1n) is 7.87. The van der Waals surface area contributed by atoms with Crippen LogP contribution in [0.4, 0.5) is 0 Å². The van der Waals surface area contributed by atoms with Crippen LogP contribution in [0.2, 0.25) is 6.04 Å². The topological polar surface area (TPSA) is 108 Å². The van der Waals surface area contributed by atoms with Gasteiger partial charge in [0.25, 0.3) is 10.1 Å². The zero-order chi connectivity index (χ0) is 20.8. The lowest BCUT2D eigenvalue weighted by molar-refractivity contribution is -0.137. The van der Waals surface area contributed by atoms with E-state index in [4.69, 9.17) is 22.6 Å². The highest BCUT2D eigenvalue weighted by Crippen LogP contribution is 2.14. The zero-order valence-electron chi connectivity index (χ0n) is 15.7. The van der Waals surface area contributed by atoms with Gasteiger partial charge in [-0.3, -0.25) is 4.55 Å². The summed E-state index contributed by atoms with van der Waals surface area (Å²) in [5.41, 5.74) is 0.732. The van der Waals surface area contributed by atoms with Crippen molar-refractivity contribution in [2.45, 2.75) is 12.5 Å². The lowest BCUT2D eigenvalue weighted by Crippen LogP contribution is -2.42. The maximum atomic E-state index is 10.7. The minimum absolute atomic E-state index is 0.315. The molecule has 0 amide bonds. The number of esters is 1. The molecule has 0 bridgehead atoms. The van der Waals surface area contributed by atoms with Crippen LogP contribution in [0.3, 0.4) is 0 Å². The minimum Gasteiger partial charge on any atom is -0.463 e. The zero-order valence-corrected chi connectivity index (χ0v) is 17.5. The van der Waals surface area contributed by atoms with Gasteiger partial charge in [0.1, 0.15) is 0 Å². The van der Waals surface area contributed by atoms with E-state index in [1.165, 1.54) is 6.08 Å². The molecule has 8 nitrogen and oxygen atoms in total. The third-order valence-electron chi connectivity index (χ3n) is 3.20. The van der Waals surface area contributed by atoms with Crippen molar-refractivity contribution in [2.24, 2.45) is 0 Å². The van der Waals surface area contributed by atoms with Crippen molar-refractivity contribution in [3.05, 3.63) is 54.0 Å². The molecular weight excluding hydrogens is 392 g/mol. The lowest BCUT2D eigenvalue weighted by Gasteiger charge is -2.23. The van der Waals surface area contributed by atoms with E-state index in [0.717, 1.165) is 17.0 Å². The van der Waals surface area contributed by atoms with Gasteiger partial charge in [0.2, 0.25) is 0 Å². The van der Waals surface area contributed by atoms with Crippen molar-refractivity contribution in [1.82, 2.24) is 0 Å². The molecule has 0 atom stereocenters. The molecule has 1 aromatic carbocycles. The second-order valence-electron chi connectivity index (χ2n) is 5.00. The first-order valence-corrected chi connectivity index (χ1v) is 11.3. The SMILES string of the molecule is C=CC(=O)OCCC[Si](OC)(OC)OC.O=S(=O)(O)C=Cc1ccccc1. The highest BCUT2D eigenvalue weighted by Gasteiger charge is 2.36. The fourth-order valence-corrected chi connectivity index (χ4v) is 3.82. The average Bonchev–Trinajstić information content (AvgIpc) is 2.67. The first-order chi connectivity index (χ1) is 12.7. The van der Waals surface area contributed by atoms with Gasteiger partial charge in [-0.2, -0.15) is 8.42 Å². The van der Waals surface area contributed by atoms with Gasteiger partial charge in [0.15, 0.2) is 0 Å². The maximum Gasteiger partial charge on any atom is 0.500 e. The van der Waals surface area contributed by atoms with Crippen molar-refractivity contribution < 1.29 is 35.8 Å². The molecule has 0 fully saturated rings. The van der Waals surface area contributed by atoms with Gasteiger partial charge in [-0.25, -0.2) is 4.79 Å². The van der Waals surface area contributed by atoms with Gasteiger partial charge in [0.05, 0.1) is 12.0 Å². The maximum absolute atomic E-state index is 10.7. The van der Waals surface area contributed by atoms with E-state index in [0.29, 0.717) is 19.1 Å². The van der Waals surface area contributed by atoms with Crippen molar-refractivity contribution in [3.63, 3.8) is 0 Å². The van der Waals surface area contributed by atoms with Crippen LogP contribution >= 0.6 is 0 Å². The van der Waals surface area contributed by atoms with E-state index in [2.05, 4.69) is 6.58 Å². The predicted octanol–water partition coefficient (Wildman–Crippen LogP) is 2.53. The van der Waals surface area contributed by atoms with Gasteiger partial charge in [-0.15, -0.1) is 0 Å². The van der Waals surface area contributed by atoms with Crippen molar-refractivity contribution in [1.29, 1.82) is 0 Å². The lowest BCUT2D eigenvalue weighted by atomic mass is 10.2. The summed E-state index contributed by atoms with van der Waals surface area (Å²) in [4.78, 5) is 10.7. The van der Waals surface area contributed by atoms with E-state index < -0.39 is 24.9 Å². The Bertz CT molecular complexity index is 676. The number of benzene rings is 1. The van der Waals surface area contributed by atoms with Gasteiger partial charge in [-0.1, -0.05) is 36.9 Å². The van der Waals surface area contributed by atoms with E-state index in [1.54, 1.807) is 45.6 Å². The Morgan fingerprint density at radius 1 is 1.15 bits per heavy atom. The number of hydrogen-bond acceptors (Lipinski definition) is 7. The van der Waals surface area contributed by atoms with Crippen LogP contribution < -0.4 is 0 Å². The Balaban J connectivity index is 0.000000511. The molecule has 1 N–H and O–H groups in total. The smallest absolute Gasteiger partial charge is 0.463 e. The van der Waals surface area contributed by atoms with Crippen LogP contribution in [0, 0.1) is 0 Å². The molecule has 10 heteroatoms. The quantitative estimate of drug-likeness (QED) is 0.203. The molecular formula is C17H26O8SSi. The van der Waals surface area contributed by atoms with Crippen LogP contribution in [-0.2, 0) is 32.9 Å². The summed E-state index contributed by atoms with van der Waals surface area (Å²) in [5.74, 6) is -0.422. The summed E-state index contributed by atoms with van der Waals surface area (Å²) >= 11 is 0. The summed E-state index contributed by atoms with van der Waals surface area (Å²) < 4.78 is 49.3. The Hall–Kier alpha value is -1.82. The number of carbonyl (C=O) groups is 1. The van der Waals surface area contributed by atoms with Gasteiger partial charge in [0, 0.05) is 33.4 Å². The summed E-state index contributed by atoms with van der Waals surface area (Å²) in [6.45, 7) is 3.61. The molecule has 0 heterocycles. The molecule has 27 heavy (non-hydrogen) atoms. The molecule has 0 unspecified atom stereocenters. The minimum atomic E-state index is -4.00. The third kappa shape index (κ3) is 12.2. The molecule has 0 saturated heterocycles. The van der Waals surface area contributed by atoms with Crippen molar-refractivity contribution >= 4 is 31.0 Å². The Morgan fingerprint density at radius 3 is 2.15 bits per heavy atom. The molecule has 1 rings (SSSR count). The largest absolute Gasteiger partial charge is 0.500 e. The Morgan fingerprint density at radius 2 is 1.70 bits per heavy atom. The second-order valence-corrected chi connectivity index (χ2v) is 9.39. The van der Waals surface area contributed by atoms with E-state index in [1.807, 2.05) is 6.07 Å². The van der Waals surface area contributed by atoms with Crippen LogP contribution in [0.15, 0.2) is 48.4 Å². The molecule has 1 aromatic rings. The van der Waals surface area contributed by atoms with E-state index in [-0.39, 0.29) is 0 Å². The third-order valence-corrected chi connectivity index (χ3v) is 6.52. The molecule has 0 aromatic heterocycles.